The third kappa shape index (κ3) is 7.97. The Labute approximate surface area is 207 Å². The molecule has 4 rings (SSSR count). The fraction of sp³-hybridized carbons (Fsp3) is 0.591. The number of rotatable bonds is 4. The highest BCUT2D eigenvalue weighted by Crippen LogP contribution is 2.25. The Balaban J connectivity index is 0.000000429. The number of anilines is 2. The molecule has 0 unspecified atom stereocenters. The second-order valence-electron chi connectivity index (χ2n) is 8.88. The number of carboxylic acids is 1. The molecule has 35 heavy (non-hydrogen) atoms. The molecule has 9 nitrogen and oxygen atoms in total. The third-order valence-electron chi connectivity index (χ3n) is 6.28. The number of aliphatic carboxylic acids is 1. The van der Waals surface area contributed by atoms with Gasteiger partial charge in [-0.15, -0.1) is 5.10 Å². The molecule has 2 aliphatic rings. The van der Waals surface area contributed by atoms with Crippen LogP contribution in [-0.4, -0.2) is 94.1 Å². The molecule has 1 atom stereocenters. The van der Waals surface area contributed by atoms with Crippen LogP contribution in [0, 0.1) is 0 Å². The van der Waals surface area contributed by atoms with Gasteiger partial charge >= 0.3 is 12.1 Å². The van der Waals surface area contributed by atoms with Gasteiger partial charge in [-0.05, 0) is 57.0 Å². The Hall–Kier alpha value is -2.57. The van der Waals surface area contributed by atoms with Crippen molar-refractivity contribution in [1.82, 2.24) is 25.0 Å². The van der Waals surface area contributed by atoms with Gasteiger partial charge in [0.25, 0.3) is 0 Å². The van der Waals surface area contributed by atoms with E-state index in [1.165, 1.54) is 25.1 Å². The molecule has 0 amide bonds. The molecule has 0 saturated carbocycles. The first kappa shape index (κ1) is 27.0. The van der Waals surface area contributed by atoms with E-state index in [1.54, 1.807) is 0 Å². The molecule has 2 saturated heterocycles. The van der Waals surface area contributed by atoms with E-state index < -0.39 is 12.1 Å². The van der Waals surface area contributed by atoms with Crippen molar-refractivity contribution >= 4 is 29.5 Å². The van der Waals surface area contributed by atoms with E-state index in [1.807, 2.05) is 12.1 Å². The largest absolute Gasteiger partial charge is 0.490 e. The number of carbonyl (C=O) groups is 1. The zero-order valence-corrected chi connectivity index (χ0v) is 20.3. The Morgan fingerprint density at radius 3 is 2.37 bits per heavy atom. The highest BCUT2D eigenvalue weighted by atomic mass is 35.5. The fourth-order valence-electron chi connectivity index (χ4n) is 4.62. The summed E-state index contributed by atoms with van der Waals surface area (Å²) in [6.07, 6.45) is -0.519. The van der Waals surface area contributed by atoms with Gasteiger partial charge in [-0.1, -0.05) is 23.7 Å². The number of likely N-dealkylation sites (N-methyl/N-ethyl adjacent to an activating group) is 1. The normalized spacial score (nSPS) is 20.7. The van der Waals surface area contributed by atoms with E-state index in [0.29, 0.717) is 18.0 Å². The smallest absolute Gasteiger partial charge is 0.475 e. The van der Waals surface area contributed by atoms with E-state index >= 15 is 0 Å². The Bertz CT molecular complexity index is 949. The van der Waals surface area contributed by atoms with Crippen LogP contribution in [0.2, 0.25) is 5.02 Å². The van der Waals surface area contributed by atoms with Crippen molar-refractivity contribution < 1.29 is 23.1 Å². The minimum absolute atomic E-state index is 0.385. The fourth-order valence-corrected chi connectivity index (χ4v) is 4.75. The number of aromatic nitrogens is 3. The lowest BCUT2D eigenvalue weighted by molar-refractivity contribution is -0.192. The third-order valence-corrected chi connectivity index (χ3v) is 6.53. The molecule has 4 N–H and O–H groups in total. The van der Waals surface area contributed by atoms with Gasteiger partial charge in [0.2, 0.25) is 11.9 Å². The number of nitrogens with one attached hydrogen (secondary N) is 1. The number of H-pyrrole nitrogens is 1. The van der Waals surface area contributed by atoms with E-state index in [9.17, 15) is 13.2 Å². The molecule has 3 heterocycles. The molecule has 194 valence electrons. The molecule has 0 spiro atoms. The lowest BCUT2D eigenvalue weighted by atomic mass is 9.97. The maximum atomic E-state index is 10.6. The van der Waals surface area contributed by atoms with Crippen molar-refractivity contribution in [2.45, 2.75) is 43.9 Å². The number of aromatic amines is 1. The van der Waals surface area contributed by atoms with Gasteiger partial charge < -0.3 is 20.6 Å². The van der Waals surface area contributed by atoms with Crippen LogP contribution in [0.4, 0.5) is 25.1 Å². The van der Waals surface area contributed by atoms with Crippen molar-refractivity contribution in [1.29, 1.82) is 0 Å². The van der Waals surface area contributed by atoms with Gasteiger partial charge in [-0.25, -0.2) is 9.89 Å². The average Bonchev–Trinajstić information content (AvgIpc) is 3.15. The molecule has 13 heteroatoms. The summed E-state index contributed by atoms with van der Waals surface area (Å²) in [5.41, 5.74) is 7.05. The SMILES string of the molecule is CN1CCCN(C2CCN(c3n[nH]c(N)n3)CC2)[C@@H](Cc2ccc(Cl)cc2)C1.O=C(O)C(F)(F)F. The number of nitrogens with zero attached hydrogens (tertiary/aromatic N) is 5. The van der Waals surface area contributed by atoms with Crippen LogP contribution in [0.3, 0.4) is 0 Å². The van der Waals surface area contributed by atoms with Crippen LogP contribution in [0.1, 0.15) is 24.8 Å². The van der Waals surface area contributed by atoms with Gasteiger partial charge in [0.1, 0.15) is 0 Å². The lowest BCUT2D eigenvalue weighted by Gasteiger charge is -2.42. The van der Waals surface area contributed by atoms with Crippen molar-refractivity contribution in [3.63, 3.8) is 0 Å². The predicted octanol–water partition coefficient (Wildman–Crippen LogP) is 2.89. The number of hydrogen-bond donors (Lipinski definition) is 3. The molecular weight excluding hydrogens is 487 g/mol. The summed E-state index contributed by atoms with van der Waals surface area (Å²) in [4.78, 5) is 20.7. The van der Waals surface area contributed by atoms with Crippen molar-refractivity contribution in [2.75, 3.05) is 50.4 Å². The predicted molar refractivity (Wildman–Crippen MR) is 127 cm³/mol. The molecule has 0 radical (unpaired) electrons. The topological polar surface area (TPSA) is 115 Å². The number of carboxylic acid groups (broad SMARTS) is 1. The summed E-state index contributed by atoms with van der Waals surface area (Å²) in [6.45, 7) is 5.40. The Kier molecular flexibility index (Phi) is 9.20. The molecule has 2 aliphatic heterocycles. The van der Waals surface area contributed by atoms with E-state index in [0.717, 1.165) is 49.9 Å². The Morgan fingerprint density at radius 1 is 1.20 bits per heavy atom. The number of nitrogens with two attached hydrogens (primary N) is 1. The van der Waals surface area contributed by atoms with E-state index in [4.69, 9.17) is 27.2 Å². The average molecular weight is 518 g/mol. The van der Waals surface area contributed by atoms with Crippen molar-refractivity contribution in [2.24, 2.45) is 0 Å². The summed E-state index contributed by atoms with van der Waals surface area (Å²) in [5, 5.41) is 14.9. The van der Waals surface area contributed by atoms with Crippen molar-refractivity contribution in [3.05, 3.63) is 34.9 Å². The standard InChI is InChI=1S/C20H30ClN7.C2HF3O2/c1-26-9-2-10-28(18(14-26)13-15-3-5-16(21)6-4-15)17-7-11-27(12-8-17)20-23-19(22)24-25-20;3-2(4,5)1(6)7/h3-6,17-18H,2,7-14H2,1H3,(H3,22,23,24,25);(H,6,7)/t18-;/m0./s1. The van der Waals surface area contributed by atoms with Gasteiger partial charge in [0, 0.05) is 43.3 Å². The highest BCUT2D eigenvalue weighted by molar-refractivity contribution is 6.30. The number of halogens is 4. The van der Waals surface area contributed by atoms with Crippen LogP contribution < -0.4 is 10.6 Å². The molecule has 2 fully saturated rings. The first-order chi connectivity index (χ1) is 16.5. The molecular formula is C22H31ClF3N7O2. The van der Waals surface area contributed by atoms with Crippen LogP contribution in [0.15, 0.2) is 24.3 Å². The lowest BCUT2D eigenvalue weighted by Crippen LogP contribution is -2.51. The maximum Gasteiger partial charge on any atom is 0.490 e. The van der Waals surface area contributed by atoms with Gasteiger partial charge in [-0.2, -0.15) is 18.2 Å². The summed E-state index contributed by atoms with van der Waals surface area (Å²) in [5.74, 6) is -1.65. The zero-order chi connectivity index (χ0) is 25.6. The monoisotopic (exact) mass is 517 g/mol. The van der Waals surface area contributed by atoms with Gasteiger partial charge in [-0.3, -0.25) is 4.90 Å². The van der Waals surface area contributed by atoms with Gasteiger partial charge in [0.05, 0.1) is 0 Å². The van der Waals surface area contributed by atoms with E-state index in [-0.39, 0.29) is 0 Å². The second kappa shape index (κ2) is 11.9. The van der Waals surface area contributed by atoms with Crippen LogP contribution >= 0.6 is 11.6 Å². The second-order valence-corrected chi connectivity index (χ2v) is 9.32. The van der Waals surface area contributed by atoms with E-state index in [2.05, 4.69) is 49.1 Å². The summed E-state index contributed by atoms with van der Waals surface area (Å²) in [7, 11) is 2.24. The molecule has 2 aromatic rings. The molecule has 0 bridgehead atoms. The molecule has 1 aromatic heterocycles. The first-order valence-electron chi connectivity index (χ1n) is 11.4. The summed E-state index contributed by atoms with van der Waals surface area (Å²) >= 11 is 6.08. The summed E-state index contributed by atoms with van der Waals surface area (Å²) < 4.78 is 31.7. The number of nitrogen functional groups attached to an aromatic ring is 1. The highest BCUT2D eigenvalue weighted by Gasteiger charge is 2.38. The van der Waals surface area contributed by atoms with Gasteiger partial charge in [0.15, 0.2) is 0 Å². The zero-order valence-electron chi connectivity index (χ0n) is 19.5. The van der Waals surface area contributed by atoms with Crippen LogP contribution in [-0.2, 0) is 11.2 Å². The van der Waals surface area contributed by atoms with Crippen LogP contribution in [0.25, 0.3) is 0 Å². The first-order valence-corrected chi connectivity index (χ1v) is 11.8. The maximum absolute atomic E-state index is 10.6. The number of benzene rings is 1. The minimum atomic E-state index is -5.08. The molecule has 1 aromatic carbocycles. The van der Waals surface area contributed by atoms with Crippen molar-refractivity contribution in [3.8, 4) is 0 Å². The quantitative estimate of drug-likeness (QED) is 0.567. The summed E-state index contributed by atoms with van der Waals surface area (Å²) in [6, 6.07) is 9.48. The van der Waals surface area contributed by atoms with Crippen LogP contribution in [0.5, 0.6) is 0 Å². The number of hydrogen-bond acceptors (Lipinski definition) is 7. The Morgan fingerprint density at radius 2 is 1.83 bits per heavy atom. The number of alkyl halides is 3. The number of piperidine rings is 1. The molecule has 0 aliphatic carbocycles. The minimum Gasteiger partial charge on any atom is -0.475 e.